The topological polar surface area (TPSA) is 25.8 Å². The minimum absolute atomic E-state index is 0.00128. The number of hydrogen-bond donors (Lipinski definition) is 0. The first kappa shape index (κ1) is 36.4. The highest BCUT2D eigenvalue weighted by atomic mass is 14.9. The van der Waals surface area contributed by atoms with Crippen molar-refractivity contribution < 1.29 is 0 Å². The molecule has 9 aromatic carbocycles. The smallest absolute Gasteiger partial charge is 0.160 e. The van der Waals surface area contributed by atoms with Crippen LogP contribution >= 0.6 is 0 Å². The number of benzene rings is 9. The molecule has 10 aromatic rings. The molecular weight excluding hydrogens is 749 g/mol. The van der Waals surface area contributed by atoms with Crippen molar-refractivity contribution in [2.24, 2.45) is 0 Å². The van der Waals surface area contributed by atoms with E-state index in [9.17, 15) is 0 Å². The Labute approximate surface area is 363 Å². The van der Waals surface area contributed by atoms with Gasteiger partial charge in [0.2, 0.25) is 0 Å². The van der Waals surface area contributed by atoms with E-state index in [1.54, 1.807) is 0 Å². The first-order valence-electron chi connectivity index (χ1n) is 21.7. The van der Waals surface area contributed by atoms with Gasteiger partial charge in [-0.05, 0) is 113 Å². The Balaban J connectivity index is 0.975. The molecule has 2 aliphatic carbocycles. The van der Waals surface area contributed by atoms with Crippen LogP contribution in [0.4, 0.5) is 0 Å². The molecule has 0 atom stereocenters. The molecule has 2 aliphatic rings. The Morgan fingerprint density at radius 3 is 1.66 bits per heavy atom. The molecule has 0 amide bonds. The predicted octanol–water partition coefficient (Wildman–Crippen LogP) is 15.7. The van der Waals surface area contributed by atoms with E-state index >= 15 is 0 Å². The summed E-state index contributed by atoms with van der Waals surface area (Å²) < 4.78 is 0. The molecule has 0 unspecified atom stereocenters. The van der Waals surface area contributed by atoms with Crippen molar-refractivity contribution in [2.75, 3.05) is 0 Å². The molecular formula is C60H44N2. The lowest BCUT2D eigenvalue weighted by molar-refractivity contribution is 0.660. The Morgan fingerprint density at radius 1 is 0.306 bits per heavy atom. The fourth-order valence-electron chi connectivity index (χ4n) is 10.6. The fourth-order valence-corrected chi connectivity index (χ4v) is 10.6. The molecule has 0 N–H and O–H groups in total. The lowest BCUT2D eigenvalue weighted by atomic mass is 9.81. The van der Waals surface area contributed by atoms with Gasteiger partial charge < -0.3 is 0 Å². The maximum atomic E-state index is 5.36. The average Bonchev–Trinajstić information content (AvgIpc) is 3.69. The molecule has 0 fully saturated rings. The van der Waals surface area contributed by atoms with Gasteiger partial charge in [-0.3, -0.25) is 0 Å². The first-order chi connectivity index (χ1) is 30.2. The Bertz CT molecular complexity index is 3450. The van der Waals surface area contributed by atoms with Crippen LogP contribution in [0.5, 0.6) is 0 Å². The molecule has 2 nitrogen and oxygen atoms in total. The molecule has 294 valence electrons. The van der Waals surface area contributed by atoms with Crippen molar-refractivity contribution in [2.45, 2.75) is 38.5 Å². The van der Waals surface area contributed by atoms with Crippen molar-refractivity contribution in [3.05, 3.63) is 216 Å². The van der Waals surface area contributed by atoms with Gasteiger partial charge in [-0.25, -0.2) is 9.97 Å². The highest BCUT2D eigenvalue weighted by Gasteiger charge is 2.38. The lowest BCUT2D eigenvalue weighted by Crippen LogP contribution is -2.14. The second kappa shape index (κ2) is 13.5. The van der Waals surface area contributed by atoms with E-state index in [4.69, 9.17) is 9.97 Å². The highest BCUT2D eigenvalue weighted by molar-refractivity contribution is 6.05. The summed E-state index contributed by atoms with van der Waals surface area (Å²) in [5.41, 5.74) is 20.4. The number of aromatic nitrogens is 2. The molecule has 1 heterocycles. The minimum Gasteiger partial charge on any atom is -0.228 e. The number of fused-ring (bicyclic) bond motifs is 8. The molecule has 1 aromatic heterocycles. The number of hydrogen-bond acceptors (Lipinski definition) is 2. The van der Waals surface area contributed by atoms with Crippen LogP contribution in [0.25, 0.3) is 100.0 Å². The van der Waals surface area contributed by atoms with Crippen molar-refractivity contribution >= 4 is 21.5 Å². The maximum absolute atomic E-state index is 5.36. The average molecular weight is 793 g/mol. The molecule has 62 heavy (non-hydrogen) atoms. The van der Waals surface area contributed by atoms with Crippen LogP contribution in [-0.2, 0) is 10.8 Å². The molecule has 0 spiro atoms. The van der Waals surface area contributed by atoms with Crippen LogP contribution in [0.1, 0.15) is 49.9 Å². The van der Waals surface area contributed by atoms with Gasteiger partial charge in [0, 0.05) is 27.5 Å². The standard InChI is InChI=1S/C60H44N2/c1-59(2)51-23-13-12-21-46(51)49-33-42(29-32-52(49)59)37-25-27-38(28-26-37)43-30-31-47(45-20-11-10-19-44(43)45)55-36-56(62-58(61-55)39-15-6-5-7-16-39)48-22-14-24-53-57(48)50-34-40-17-8-9-18-41(40)35-54(50)60(53,3)4/h5-36H,1-4H3. The van der Waals surface area contributed by atoms with Gasteiger partial charge in [-0.2, -0.15) is 0 Å². The van der Waals surface area contributed by atoms with Gasteiger partial charge in [-0.1, -0.05) is 198 Å². The van der Waals surface area contributed by atoms with E-state index in [-0.39, 0.29) is 10.8 Å². The summed E-state index contributed by atoms with van der Waals surface area (Å²) >= 11 is 0. The fraction of sp³-hybridized carbons (Fsp3) is 0.100. The molecule has 0 radical (unpaired) electrons. The third-order valence-electron chi connectivity index (χ3n) is 13.9. The largest absolute Gasteiger partial charge is 0.228 e. The quantitative estimate of drug-likeness (QED) is 0.173. The summed E-state index contributed by atoms with van der Waals surface area (Å²) in [6.45, 7) is 9.38. The monoisotopic (exact) mass is 792 g/mol. The van der Waals surface area contributed by atoms with Gasteiger partial charge in [0.15, 0.2) is 5.82 Å². The molecule has 0 saturated carbocycles. The molecule has 0 saturated heterocycles. The predicted molar refractivity (Wildman–Crippen MR) is 259 cm³/mol. The van der Waals surface area contributed by atoms with E-state index in [0.29, 0.717) is 5.82 Å². The Hall–Kier alpha value is -7.42. The normalized spacial score (nSPS) is 14.1. The van der Waals surface area contributed by atoms with Gasteiger partial charge in [0.25, 0.3) is 0 Å². The number of nitrogens with zero attached hydrogens (tertiary/aromatic N) is 2. The summed E-state index contributed by atoms with van der Waals surface area (Å²) in [6, 6.07) is 71.1. The molecule has 0 bridgehead atoms. The zero-order valence-electron chi connectivity index (χ0n) is 35.4. The highest BCUT2D eigenvalue weighted by Crippen LogP contribution is 2.54. The first-order valence-corrected chi connectivity index (χ1v) is 21.7. The van der Waals surface area contributed by atoms with Crippen LogP contribution < -0.4 is 0 Å². The molecule has 2 heteroatoms. The lowest BCUT2D eigenvalue weighted by Gasteiger charge is -2.22. The maximum Gasteiger partial charge on any atom is 0.160 e. The van der Waals surface area contributed by atoms with E-state index in [2.05, 4.69) is 216 Å². The summed E-state index contributed by atoms with van der Waals surface area (Å²) in [5.74, 6) is 0.717. The van der Waals surface area contributed by atoms with E-state index in [1.165, 1.54) is 82.9 Å². The van der Waals surface area contributed by atoms with Crippen molar-refractivity contribution in [3.63, 3.8) is 0 Å². The van der Waals surface area contributed by atoms with E-state index in [0.717, 1.165) is 33.5 Å². The zero-order valence-corrected chi connectivity index (χ0v) is 35.4. The second-order valence-electron chi connectivity index (χ2n) is 18.1. The van der Waals surface area contributed by atoms with Crippen LogP contribution in [0.3, 0.4) is 0 Å². The summed E-state index contributed by atoms with van der Waals surface area (Å²) in [6.07, 6.45) is 0. The van der Waals surface area contributed by atoms with Crippen LogP contribution in [-0.4, -0.2) is 9.97 Å². The zero-order chi connectivity index (χ0) is 41.7. The Morgan fingerprint density at radius 2 is 0.871 bits per heavy atom. The summed E-state index contributed by atoms with van der Waals surface area (Å²) in [7, 11) is 0. The van der Waals surface area contributed by atoms with E-state index in [1.807, 2.05) is 6.07 Å². The minimum atomic E-state index is -0.155. The van der Waals surface area contributed by atoms with Crippen LogP contribution in [0.15, 0.2) is 194 Å². The SMILES string of the molecule is CC1(C)c2ccccc2-c2cc(-c3ccc(-c4ccc(-c5cc(-c6cccc7c6-c6cc8ccccc8cc6C7(C)C)nc(-c6ccccc6)n5)c5ccccc45)cc3)ccc21. The van der Waals surface area contributed by atoms with Gasteiger partial charge >= 0.3 is 0 Å². The summed E-state index contributed by atoms with van der Waals surface area (Å²) in [4.78, 5) is 10.7. The van der Waals surface area contributed by atoms with Crippen LogP contribution in [0.2, 0.25) is 0 Å². The van der Waals surface area contributed by atoms with E-state index < -0.39 is 0 Å². The van der Waals surface area contributed by atoms with Crippen molar-refractivity contribution in [3.8, 4) is 78.4 Å². The third kappa shape index (κ3) is 5.49. The molecule has 0 aliphatic heterocycles. The van der Waals surface area contributed by atoms with Crippen LogP contribution in [0, 0.1) is 0 Å². The van der Waals surface area contributed by atoms with Gasteiger partial charge in [-0.15, -0.1) is 0 Å². The van der Waals surface area contributed by atoms with Crippen molar-refractivity contribution in [1.29, 1.82) is 0 Å². The van der Waals surface area contributed by atoms with Crippen molar-refractivity contribution in [1.82, 2.24) is 9.97 Å². The Kier molecular flexibility index (Phi) is 7.96. The summed E-state index contributed by atoms with van der Waals surface area (Å²) in [5, 5.41) is 4.87. The molecule has 12 rings (SSSR count). The second-order valence-corrected chi connectivity index (χ2v) is 18.1. The van der Waals surface area contributed by atoms with Gasteiger partial charge in [0.05, 0.1) is 11.4 Å². The number of rotatable bonds is 5. The van der Waals surface area contributed by atoms with Gasteiger partial charge in [0.1, 0.15) is 0 Å². The third-order valence-corrected chi connectivity index (χ3v) is 13.9.